The predicted octanol–water partition coefficient (Wildman–Crippen LogP) is 2.93. The van der Waals surface area contributed by atoms with E-state index in [9.17, 15) is 0 Å². The van der Waals surface area contributed by atoms with Gasteiger partial charge in [-0.2, -0.15) is 0 Å². The summed E-state index contributed by atoms with van der Waals surface area (Å²) in [4.78, 5) is 8.73. The molecule has 0 amide bonds. The zero-order valence-corrected chi connectivity index (χ0v) is 11.3. The first-order valence-corrected chi connectivity index (χ1v) is 6.96. The summed E-state index contributed by atoms with van der Waals surface area (Å²) in [5.74, 6) is 1.04. The number of fused-ring (bicyclic) bond motifs is 1. The van der Waals surface area contributed by atoms with Crippen LogP contribution in [0.3, 0.4) is 0 Å². The number of aryl methyl sites for hydroxylation is 2. The van der Waals surface area contributed by atoms with Gasteiger partial charge in [0.1, 0.15) is 12.1 Å². The SMILES string of the molecule is Cc1ccccc1CCNc1ncnc2c1CCC2. The zero-order valence-electron chi connectivity index (χ0n) is 11.3. The molecule has 2 aromatic rings. The van der Waals surface area contributed by atoms with E-state index in [0.717, 1.165) is 31.6 Å². The van der Waals surface area contributed by atoms with Crippen molar-refractivity contribution >= 4 is 5.82 Å². The van der Waals surface area contributed by atoms with Crippen LogP contribution in [0.4, 0.5) is 5.82 Å². The summed E-state index contributed by atoms with van der Waals surface area (Å²) in [5.41, 5.74) is 5.32. The van der Waals surface area contributed by atoms with E-state index in [4.69, 9.17) is 0 Å². The number of hydrogen-bond donors (Lipinski definition) is 1. The molecule has 0 saturated carbocycles. The van der Waals surface area contributed by atoms with Crippen molar-refractivity contribution in [1.82, 2.24) is 9.97 Å². The smallest absolute Gasteiger partial charge is 0.132 e. The lowest BCUT2D eigenvalue weighted by Gasteiger charge is -2.10. The number of aromatic nitrogens is 2. The second-order valence-corrected chi connectivity index (χ2v) is 5.10. The highest BCUT2D eigenvalue weighted by atomic mass is 15.0. The second kappa shape index (κ2) is 5.39. The monoisotopic (exact) mass is 253 g/mol. The van der Waals surface area contributed by atoms with Crippen molar-refractivity contribution in [1.29, 1.82) is 0 Å². The summed E-state index contributed by atoms with van der Waals surface area (Å²) in [6.07, 6.45) is 6.14. The Labute approximate surface area is 114 Å². The third-order valence-corrected chi connectivity index (χ3v) is 3.82. The molecule has 1 aromatic carbocycles. The Morgan fingerprint density at radius 2 is 2.05 bits per heavy atom. The van der Waals surface area contributed by atoms with Crippen molar-refractivity contribution in [3.8, 4) is 0 Å². The molecule has 3 nitrogen and oxygen atoms in total. The first-order valence-electron chi connectivity index (χ1n) is 6.96. The van der Waals surface area contributed by atoms with E-state index in [0.29, 0.717) is 0 Å². The summed E-state index contributed by atoms with van der Waals surface area (Å²) < 4.78 is 0. The topological polar surface area (TPSA) is 37.8 Å². The maximum absolute atomic E-state index is 4.38. The molecule has 1 aliphatic carbocycles. The van der Waals surface area contributed by atoms with Gasteiger partial charge in [0.15, 0.2) is 0 Å². The Hall–Kier alpha value is -1.90. The van der Waals surface area contributed by atoms with E-state index in [1.807, 2.05) is 0 Å². The molecule has 0 fully saturated rings. The number of nitrogens with zero attached hydrogens (tertiary/aromatic N) is 2. The molecule has 0 radical (unpaired) electrons. The van der Waals surface area contributed by atoms with Gasteiger partial charge in [-0.05, 0) is 43.7 Å². The maximum atomic E-state index is 4.38. The molecule has 1 heterocycles. The predicted molar refractivity (Wildman–Crippen MR) is 77.4 cm³/mol. The van der Waals surface area contributed by atoms with E-state index >= 15 is 0 Å². The van der Waals surface area contributed by atoms with Crippen LogP contribution in [0.1, 0.15) is 28.8 Å². The number of rotatable bonds is 4. The molecule has 1 aliphatic rings. The van der Waals surface area contributed by atoms with E-state index in [1.54, 1.807) is 6.33 Å². The second-order valence-electron chi connectivity index (χ2n) is 5.10. The average molecular weight is 253 g/mol. The maximum Gasteiger partial charge on any atom is 0.132 e. The van der Waals surface area contributed by atoms with Crippen LogP contribution in [0, 0.1) is 6.92 Å². The molecule has 98 valence electrons. The fourth-order valence-electron chi connectivity index (χ4n) is 2.72. The highest BCUT2D eigenvalue weighted by Crippen LogP contribution is 2.24. The fraction of sp³-hybridized carbons (Fsp3) is 0.375. The summed E-state index contributed by atoms with van der Waals surface area (Å²) in [5, 5.41) is 3.47. The van der Waals surface area contributed by atoms with Crippen LogP contribution in [0.25, 0.3) is 0 Å². The van der Waals surface area contributed by atoms with Gasteiger partial charge in [0.25, 0.3) is 0 Å². The molecule has 0 unspecified atom stereocenters. The first kappa shape index (κ1) is 12.2. The number of hydrogen-bond acceptors (Lipinski definition) is 3. The molecule has 3 heteroatoms. The van der Waals surface area contributed by atoms with Gasteiger partial charge in [0, 0.05) is 17.8 Å². The van der Waals surface area contributed by atoms with Crippen LogP contribution in [0.15, 0.2) is 30.6 Å². The number of nitrogens with one attached hydrogen (secondary N) is 1. The standard InChI is InChI=1S/C16H19N3/c1-12-5-2-3-6-13(12)9-10-17-16-14-7-4-8-15(14)18-11-19-16/h2-3,5-6,11H,4,7-10H2,1H3,(H,17,18,19). The molecular formula is C16H19N3. The van der Waals surface area contributed by atoms with Gasteiger partial charge < -0.3 is 5.32 Å². The summed E-state index contributed by atoms with van der Waals surface area (Å²) in [7, 11) is 0. The van der Waals surface area contributed by atoms with Gasteiger partial charge in [-0.3, -0.25) is 0 Å². The van der Waals surface area contributed by atoms with Crippen LogP contribution < -0.4 is 5.32 Å². The molecule has 3 rings (SSSR count). The van der Waals surface area contributed by atoms with Crippen LogP contribution in [0.2, 0.25) is 0 Å². The highest BCUT2D eigenvalue weighted by molar-refractivity contribution is 5.48. The van der Waals surface area contributed by atoms with Gasteiger partial charge >= 0.3 is 0 Å². The Balaban J connectivity index is 1.65. The highest BCUT2D eigenvalue weighted by Gasteiger charge is 2.16. The third-order valence-electron chi connectivity index (χ3n) is 3.82. The van der Waals surface area contributed by atoms with Crippen LogP contribution >= 0.6 is 0 Å². The minimum atomic E-state index is 0.925. The van der Waals surface area contributed by atoms with Crippen molar-refractivity contribution in [3.05, 3.63) is 53.0 Å². The van der Waals surface area contributed by atoms with Crippen molar-refractivity contribution in [2.45, 2.75) is 32.6 Å². The summed E-state index contributed by atoms with van der Waals surface area (Å²) >= 11 is 0. The molecule has 0 spiro atoms. The van der Waals surface area contributed by atoms with E-state index in [1.165, 1.54) is 28.8 Å². The van der Waals surface area contributed by atoms with Crippen LogP contribution in [0.5, 0.6) is 0 Å². The Bertz CT molecular complexity index is 578. The molecule has 1 aromatic heterocycles. The van der Waals surface area contributed by atoms with Crippen molar-refractivity contribution < 1.29 is 0 Å². The Morgan fingerprint density at radius 3 is 2.95 bits per heavy atom. The van der Waals surface area contributed by atoms with Gasteiger partial charge in [-0.15, -0.1) is 0 Å². The summed E-state index contributed by atoms with van der Waals surface area (Å²) in [6, 6.07) is 8.55. The van der Waals surface area contributed by atoms with E-state index in [-0.39, 0.29) is 0 Å². The van der Waals surface area contributed by atoms with Crippen molar-refractivity contribution in [2.24, 2.45) is 0 Å². The van der Waals surface area contributed by atoms with Crippen molar-refractivity contribution in [3.63, 3.8) is 0 Å². The minimum absolute atomic E-state index is 0.925. The average Bonchev–Trinajstić information content (AvgIpc) is 2.90. The summed E-state index contributed by atoms with van der Waals surface area (Å²) in [6.45, 7) is 3.09. The lowest BCUT2D eigenvalue weighted by atomic mass is 10.1. The van der Waals surface area contributed by atoms with Crippen LogP contribution in [-0.2, 0) is 19.3 Å². The van der Waals surface area contributed by atoms with Gasteiger partial charge in [-0.1, -0.05) is 24.3 Å². The third kappa shape index (κ3) is 2.60. The lowest BCUT2D eigenvalue weighted by Crippen LogP contribution is -2.09. The Kier molecular flexibility index (Phi) is 3.45. The quantitative estimate of drug-likeness (QED) is 0.910. The van der Waals surface area contributed by atoms with Gasteiger partial charge in [0.05, 0.1) is 0 Å². The van der Waals surface area contributed by atoms with Gasteiger partial charge in [0.2, 0.25) is 0 Å². The molecule has 1 N–H and O–H groups in total. The van der Waals surface area contributed by atoms with Crippen LogP contribution in [-0.4, -0.2) is 16.5 Å². The van der Waals surface area contributed by atoms with Gasteiger partial charge in [-0.25, -0.2) is 9.97 Å². The zero-order chi connectivity index (χ0) is 13.1. The lowest BCUT2D eigenvalue weighted by molar-refractivity contribution is 0.899. The fourth-order valence-corrected chi connectivity index (χ4v) is 2.72. The minimum Gasteiger partial charge on any atom is -0.369 e. The number of anilines is 1. The largest absolute Gasteiger partial charge is 0.369 e. The molecule has 0 aliphatic heterocycles. The normalized spacial score (nSPS) is 13.3. The molecule has 0 bridgehead atoms. The molecular weight excluding hydrogens is 234 g/mol. The molecule has 0 atom stereocenters. The molecule has 19 heavy (non-hydrogen) atoms. The van der Waals surface area contributed by atoms with E-state index < -0.39 is 0 Å². The van der Waals surface area contributed by atoms with Crippen molar-refractivity contribution in [2.75, 3.05) is 11.9 Å². The number of benzene rings is 1. The Morgan fingerprint density at radius 1 is 1.16 bits per heavy atom. The first-order chi connectivity index (χ1) is 9.34. The van der Waals surface area contributed by atoms with E-state index in [2.05, 4.69) is 46.5 Å². The molecule has 0 saturated heterocycles.